The van der Waals surface area contributed by atoms with Crippen LogP contribution < -0.4 is 15.4 Å². The highest BCUT2D eigenvalue weighted by Gasteiger charge is 2.21. The van der Waals surface area contributed by atoms with Crippen LogP contribution in [-0.4, -0.2) is 31.6 Å². The number of hydrogen-bond donors (Lipinski definition) is 2. The van der Waals surface area contributed by atoms with Gasteiger partial charge in [0.2, 0.25) is 0 Å². The van der Waals surface area contributed by atoms with Crippen molar-refractivity contribution in [3.63, 3.8) is 0 Å². The lowest BCUT2D eigenvalue weighted by Gasteiger charge is -2.28. The molecule has 6 heteroatoms. The Bertz CT molecular complexity index is 451. The van der Waals surface area contributed by atoms with Gasteiger partial charge < -0.3 is 15.4 Å². The third-order valence-electron chi connectivity index (χ3n) is 3.60. The largest absolute Gasteiger partial charge is 0.484 e. The first-order chi connectivity index (χ1) is 9.65. The summed E-state index contributed by atoms with van der Waals surface area (Å²) in [5, 5.41) is 6.95. The highest BCUT2D eigenvalue weighted by Crippen LogP contribution is 2.17. The summed E-state index contributed by atoms with van der Waals surface area (Å²) in [5.74, 6) is 1.02. The predicted molar refractivity (Wildman–Crippen MR) is 87.4 cm³/mol. The molecule has 0 radical (unpaired) electrons. The van der Waals surface area contributed by atoms with E-state index in [-0.39, 0.29) is 31.0 Å². The average Bonchev–Trinajstić information content (AvgIpc) is 2.46. The number of carbonyl (C=O) groups excluding carboxylic acids is 1. The number of amides is 1. The molecule has 0 saturated carbocycles. The Morgan fingerprint density at radius 3 is 3.05 bits per heavy atom. The summed E-state index contributed by atoms with van der Waals surface area (Å²) in [5.41, 5.74) is 0. The van der Waals surface area contributed by atoms with Gasteiger partial charge >= 0.3 is 0 Å². The van der Waals surface area contributed by atoms with Gasteiger partial charge in [-0.1, -0.05) is 17.7 Å². The number of ether oxygens (including phenoxy) is 1. The molecule has 2 atom stereocenters. The standard InChI is InChI=1S/C15H21ClN2O2.ClH/c1-11(12-4-3-7-17-9-12)18-15(19)10-20-14-6-2-5-13(16)8-14;/h2,5-6,8,11-12,17H,3-4,7,9-10H2,1H3,(H,18,19);1H. The molecule has 1 aromatic rings. The Hall–Kier alpha value is -0.970. The van der Waals surface area contributed by atoms with E-state index in [1.165, 1.54) is 6.42 Å². The minimum atomic E-state index is -0.0944. The SMILES string of the molecule is CC(NC(=O)COc1cccc(Cl)c1)C1CCCNC1.Cl. The fourth-order valence-electron chi connectivity index (χ4n) is 2.42. The third kappa shape index (κ3) is 6.12. The number of piperidine rings is 1. The lowest BCUT2D eigenvalue weighted by Crippen LogP contribution is -2.45. The molecule has 118 valence electrons. The molecule has 1 saturated heterocycles. The average molecular weight is 333 g/mol. The number of rotatable bonds is 5. The van der Waals surface area contributed by atoms with Gasteiger partial charge in [-0.15, -0.1) is 12.4 Å². The molecular weight excluding hydrogens is 311 g/mol. The summed E-state index contributed by atoms with van der Waals surface area (Å²) in [6.45, 7) is 4.12. The van der Waals surface area contributed by atoms with Crippen molar-refractivity contribution >= 4 is 29.9 Å². The van der Waals surface area contributed by atoms with Crippen LogP contribution in [0.3, 0.4) is 0 Å². The molecule has 2 unspecified atom stereocenters. The fraction of sp³-hybridized carbons (Fsp3) is 0.533. The number of halogens is 2. The smallest absolute Gasteiger partial charge is 0.258 e. The summed E-state index contributed by atoms with van der Waals surface area (Å²) >= 11 is 5.86. The van der Waals surface area contributed by atoms with E-state index in [1.807, 2.05) is 0 Å². The zero-order valence-electron chi connectivity index (χ0n) is 12.1. The van der Waals surface area contributed by atoms with Crippen molar-refractivity contribution < 1.29 is 9.53 Å². The Morgan fingerprint density at radius 2 is 2.38 bits per heavy atom. The first kappa shape index (κ1) is 18.1. The second-order valence-electron chi connectivity index (χ2n) is 5.21. The molecule has 0 bridgehead atoms. The lowest BCUT2D eigenvalue weighted by molar-refractivity contribution is -0.124. The van der Waals surface area contributed by atoms with Crippen LogP contribution >= 0.6 is 24.0 Å². The van der Waals surface area contributed by atoms with Gasteiger partial charge in [0.15, 0.2) is 6.61 Å². The molecule has 0 aromatic heterocycles. The first-order valence-corrected chi connectivity index (χ1v) is 7.41. The summed E-state index contributed by atoms with van der Waals surface area (Å²) < 4.78 is 5.42. The zero-order valence-corrected chi connectivity index (χ0v) is 13.7. The number of nitrogens with one attached hydrogen (secondary N) is 2. The Labute approximate surface area is 137 Å². The minimum absolute atomic E-state index is 0. The van der Waals surface area contributed by atoms with Crippen molar-refractivity contribution in [1.29, 1.82) is 0 Å². The molecule has 4 nitrogen and oxygen atoms in total. The molecule has 1 amide bonds. The first-order valence-electron chi connectivity index (χ1n) is 7.03. The zero-order chi connectivity index (χ0) is 14.4. The van der Waals surface area contributed by atoms with Gasteiger partial charge in [-0.2, -0.15) is 0 Å². The fourth-order valence-corrected chi connectivity index (χ4v) is 2.60. The van der Waals surface area contributed by atoms with Crippen LogP contribution in [0.25, 0.3) is 0 Å². The molecule has 21 heavy (non-hydrogen) atoms. The van der Waals surface area contributed by atoms with Crippen molar-refractivity contribution in [1.82, 2.24) is 10.6 Å². The number of hydrogen-bond acceptors (Lipinski definition) is 3. The van der Waals surface area contributed by atoms with E-state index in [0.29, 0.717) is 16.7 Å². The van der Waals surface area contributed by atoms with Crippen molar-refractivity contribution in [2.45, 2.75) is 25.8 Å². The van der Waals surface area contributed by atoms with Gasteiger partial charge in [0.05, 0.1) is 0 Å². The van der Waals surface area contributed by atoms with Gasteiger partial charge in [-0.05, 0) is 57.0 Å². The Kier molecular flexibility index (Phi) is 7.86. The minimum Gasteiger partial charge on any atom is -0.484 e. The molecule has 1 heterocycles. The molecular formula is C15H22Cl2N2O2. The van der Waals surface area contributed by atoms with Crippen molar-refractivity contribution in [3.8, 4) is 5.75 Å². The number of carbonyl (C=O) groups is 1. The van der Waals surface area contributed by atoms with Gasteiger partial charge in [-0.3, -0.25) is 4.79 Å². The Morgan fingerprint density at radius 1 is 1.57 bits per heavy atom. The molecule has 1 fully saturated rings. The summed E-state index contributed by atoms with van der Waals surface area (Å²) in [4.78, 5) is 11.9. The van der Waals surface area contributed by atoms with Crippen LogP contribution in [0.5, 0.6) is 5.75 Å². The highest BCUT2D eigenvalue weighted by atomic mass is 35.5. The monoisotopic (exact) mass is 332 g/mol. The van der Waals surface area contributed by atoms with E-state index in [1.54, 1.807) is 24.3 Å². The maximum Gasteiger partial charge on any atom is 0.258 e. The molecule has 1 aliphatic rings. The van der Waals surface area contributed by atoms with E-state index >= 15 is 0 Å². The maximum atomic E-state index is 11.9. The van der Waals surface area contributed by atoms with Gasteiger partial charge in [0.25, 0.3) is 5.91 Å². The van der Waals surface area contributed by atoms with Crippen LogP contribution in [-0.2, 0) is 4.79 Å². The normalized spacial score (nSPS) is 19.2. The van der Waals surface area contributed by atoms with Crippen LogP contribution in [0.15, 0.2) is 24.3 Å². The van der Waals surface area contributed by atoms with E-state index in [0.717, 1.165) is 19.5 Å². The second-order valence-corrected chi connectivity index (χ2v) is 5.65. The molecule has 0 aliphatic carbocycles. The van der Waals surface area contributed by atoms with Gasteiger partial charge in [-0.25, -0.2) is 0 Å². The summed E-state index contributed by atoms with van der Waals surface area (Å²) in [6, 6.07) is 7.22. The molecule has 2 N–H and O–H groups in total. The maximum absolute atomic E-state index is 11.9. The quantitative estimate of drug-likeness (QED) is 0.871. The van der Waals surface area contributed by atoms with E-state index in [9.17, 15) is 4.79 Å². The van der Waals surface area contributed by atoms with Gasteiger partial charge in [0, 0.05) is 11.1 Å². The molecule has 2 rings (SSSR count). The third-order valence-corrected chi connectivity index (χ3v) is 3.83. The van der Waals surface area contributed by atoms with Gasteiger partial charge in [0.1, 0.15) is 5.75 Å². The summed E-state index contributed by atoms with van der Waals surface area (Å²) in [6.07, 6.45) is 2.33. The van der Waals surface area contributed by atoms with E-state index < -0.39 is 0 Å². The van der Waals surface area contributed by atoms with Crippen molar-refractivity contribution in [2.75, 3.05) is 19.7 Å². The van der Waals surface area contributed by atoms with E-state index in [4.69, 9.17) is 16.3 Å². The van der Waals surface area contributed by atoms with Crippen LogP contribution in [0.4, 0.5) is 0 Å². The van der Waals surface area contributed by atoms with Crippen LogP contribution in [0.1, 0.15) is 19.8 Å². The second kappa shape index (κ2) is 9.13. The molecule has 1 aliphatic heterocycles. The molecule has 1 aromatic carbocycles. The van der Waals surface area contributed by atoms with Crippen molar-refractivity contribution in [2.24, 2.45) is 5.92 Å². The molecule has 0 spiro atoms. The van der Waals surface area contributed by atoms with E-state index in [2.05, 4.69) is 17.6 Å². The lowest BCUT2D eigenvalue weighted by atomic mass is 9.93. The van der Waals surface area contributed by atoms with Crippen molar-refractivity contribution in [3.05, 3.63) is 29.3 Å². The Balaban J connectivity index is 0.00000220. The topological polar surface area (TPSA) is 50.4 Å². The summed E-state index contributed by atoms with van der Waals surface area (Å²) in [7, 11) is 0. The highest BCUT2D eigenvalue weighted by molar-refractivity contribution is 6.30. The predicted octanol–water partition coefficient (Wildman–Crippen LogP) is 2.64. The van der Waals surface area contributed by atoms with Crippen LogP contribution in [0.2, 0.25) is 5.02 Å². The number of benzene rings is 1. The van der Waals surface area contributed by atoms with Crippen LogP contribution in [0, 0.1) is 5.92 Å².